The Morgan fingerprint density at radius 1 is 1.20 bits per heavy atom. The standard InChI is InChI=1S/C16H22N2O2/c17-13-8-3-1-2-6-11(13)16(19)18-14-10-20-15-9-5-4-7-12(14)15/h4-5,7,9,11,13-14H,1-3,6,8,10,17H2,(H,18,19). The van der Waals surface area contributed by atoms with Gasteiger partial charge in [-0.15, -0.1) is 0 Å². The van der Waals surface area contributed by atoms with E-state index in [-0.39, 0.29) is 23.9 Å². The van der Waals surface area contributed by atoms with E-state index in [1.54, 1.807) is 0 Å². The number of ether oxygens (including phenoxy) is 1. The third-order valence-electron chi connectivity index (χ3n) is 4.42. The first kappa shape index (κ1) is 13.4. The highest BCUT2D eigenvalue weighted by Crippen LogP contribution is 2.32. The lowest BCUT2D eigenvalue weighted by molar-refractivity contribution is -0.126. The predicted octanol–water partition coefficient (Wildman–Crippen LogP) is 2.14. The molecule has 0 aromatic heterocycles. The van der Waals surface area contributed by atoms with Gasteiger partial charge in [0.1, 0.15) is 12.4 Å². The van der Waals surface area contributed by atoms with Gasteiger partial charge in [-0.25, -0.2) is 0 Å². The van der Waals surface area contributed by atoms with E-state index in [9.17, 15) is 4.79 Å². The predicted molar refractivity (Wildman–Crippen MR) is 77.4 cm³/mol. The van der Waals surface area contributed by atoms with Crippen molar-refractivity contribution >= 4 is 5.91 Å². The first-order valence-electron chi connectivity index (χ1n) is 7.53. The molecule has 1 aromatic carbocycles. The molecule has 1 saturated carbocycles. The van der Waals surface area contributed by atoms with E-state index in [0.717, 1.165) is 37.0 Å². The van der Waals surface area contributed by atoms with E-state index < -0.39 is 0 Å². The summed E-state index contributed by atoms with van der Waals surface area (Å²) in [6, 6.07) is 7.84. The minimum Gasteiger partial charge on any atom is -0.491 e. The number of para-hydroxylation sites is 1. The highest BCUT2D eigenvalue weighted by molar-refractivity contribution is 5.80. The van der Waals surface area contributed by atoms with Crippen LogP contribution in [-0.4, -0.2) is 18.6 Å². The highest BCUT2D eigenvalue weighted by atomic mass is 16.5. The molecule has 108 valence electrons. The summed E-state index contributed by atoms with van der Waals surface area (Å²) in [5, 5.41) is 3.12. The van der Waals surface area contributed by atoms with Gasteiger partial charge in [0.25, 0.3) is 0 Å². The molecule has 0 spiro atoms. The molecule has 1 amide bonds. The van der Waals surface area contributed by atoms with E-state index in [4.69, 9.17) is 10.5 Å². The Bertz CT molecular complexity index is 489. The number of nitrogens with one attached hydrogen (secondary N) is 1. The maximum Gasteiger partial charge on any atom is 0.225 e. The summed E-state index contributed by atoms with van der Waals surface area (Å²) in [4.78, 5) is 12.5. The largest absolute Gasteiger partial charge is 0.491 e. The lowest BCUT2D eigenvalue weighted by atomic mass is 9.94. The van der Waals surface area contributed by atoms with Crippen LogP contribution in [0.1, 0.15) is 43.7 Å². The molecule has 1 heterocycles. The molecule has 4 heteroatoms. The summed E-state index contributed by atoms with van der Waals surface area (Å²) in [5.74, 6) is 0.915. The smallest absolute Gasteiger partial charge is 0.225 e. The average Bonchev–Trinajstić information content (AvgIpc) is 2.72. The van der Waals surface area contributed by atoms with Gasteiger partial charge in [0.15, 0.2) is 0 Å². The van der Waals surface area contributed by atoms with E-state index in [0.29, 0.717) is 6.61 Å². The second-order valence-corrected chi connectivity index (χ2v) is 5.82. The van der Waals surface area contributed by atoms with Crippen molar-refractivity contribution in [3.05, 3.63) is 29.8 Å². The Hall–Kier alpha value is -1.55. The van der Waals surface area contributed by atoms with Crippen molar-refractivity contribution < 1.29 is 9.53 Å². The van der Waals surface area contributed by atoms with Crippen molar-refractivity contribution in [1.82, 2.24) is 5.32 Å². The Morgan fingerprint density at radius 2 is 2.00 bits per heavy atom. The molecule has 1 aromatic rings. The number of fused-ring (bicyclic) bond motifs is 1. The Labute approximate surface area is 119 Å². The topological polar surface area (TPSA) is 64.4 Å². The van der Waals surface area contributed by atoms with Crippen molar-refractivity contribution in [2.45, 2.75) is 44.2 Å². The summed E-state index contributed by atoms with van der Waals surface area (Å²) in [6.07, 6.45) is 5.29. The van der Waals surface area contributed by atoms with Gasteiger partial charge < -0.3 is 15.8 Å². The van der Waals surface area contributed by atoms with Crippen LogP contribution in [0.15, 0.2) is 24.3 Å². The van der Waals surface area contributed by atoms with Crippen LogP contribution in [0.25, 0.3) is 0 Å². The van der Waals surface area contributed by atoms with Gasteiger partial charge in [0, 0.05) is 11.6 Å². The zero-order valence-electron chi connectivity index (χ0n) is 11.7. The molecule has 0 bridgehead atoms. The zero-order valence-corrected chi connectivity index (χ0v) is 11.7. The van der Waals surface area contributed by atoms with Gasteiger partial charge >= 0.3 is 0 Å². The lowest BCUT2D eigenvalue weighted by Crippen LogP contribution is -2.42. The van der Waals surface area contributed by atoms with Crippen molar-refractivity contribution in [3.63, 3.8) is 0 Å². The molecule has 3 unspecified atom stereocenters. The number of hydrogen-bond donors (Lipinski definition) is 2. The quantitative estimate of drug-likeness (QED) is 0.812. The third kappa shape index (κ3) is 2.66. The van der Waals surface area contributed by atoms with E-state index in [2.05, 4.69) is 5.32 Å². The molecule has 1 aliphatic heterocycles. The molecule has 2 aliphatic rings. The molecule has 3 atom stereocenters. The van der Waals surface area contributed by atoms with Gasteiger partial charge in [0.05, 0.1) is 12.0 Å². The van der Waals surface area contributed by atoms with E-state index >= 15 is 0 Å². The van der Waals surface area contributed by atoms with Crippen LogP contribution < -0.4 is 15.8 Å². The summed E-state index contributed by atoms with van der Waals surface area (Å²) in [5.41, 5.74) is 7.23. The summed E-state index contributed by atoms with van der Waals surface area (Å²) in [7, 11) is 0. The van der Waals surface area contributed by atoms with Crippen LogP contribution in [0.4, 0.5) is 0 Å². The molecule has 0 radical (unpaired) electrons. The second-order valence-electron chi connectivity index (χ2n) is 5.82. The first-order chi connectivity index (χ1) is 9.75. The molecule has 3 N–H and O–H groups in total. The normalized spacial score (nSPS) is 29.1. The monoisotopic (exact) mass is 274 g/mol. The van der Waals surface area contributed by atoms with Crippen molar-refractivity contribution in [3.8, 4) is 5.75 Å². The molecular weight excluding hydrogens is 252 g/mol. The zero-order chi connectivity index (χ0) is 13.9. The number of amides is 1. The van der Waals surface area contributed by atoms with Crippen LogP contribution in [0.5, 0.6) is 5.75 Å². The van der Waals surface area contributed by atoms with Crippen LogP contribution in [0, 0.1) is 5.92 Å². The average molecular weight is 274 g/mol. The highest BCUT2D eigenvalue weighted by Gasteiger charge is 2.31. The van der Waals surface area contributed by atoms with Crippen molar-refractivity contribution in [2.24, 2.45) is 11.7 Å². The van der Waals surface area contributed by atoms with Crippen molar-refractivity contribution in [1.29, 1.82) is 0 Å². The minimum atomic E-state index is -0.0507. The van der Waals surface area contributed by atoms with Crippen LogP contribution in [-0.2, 0) is 4.79 Å². The molecule has 1 fully saturated rings. The number of carbonyl (C=O) groups excluding carboxylic acids is 1. The van der Waals surface area contributed by atoms with Gasteiger partial charge in [-0.2, -0.15) is 0 Å². The SMILES string of the molecule is NC1CCCCCC1C(=O)NC1COc2ccccc21. The Morgan fingerprint density at radius 3 is 2.90 bits per heavy atom. The van der Waals surface area contributed by atoms with Crippen LogP contribution >= 0.6 is 0 Å². The molecular formula is C16H22N2O2. The van der Waals surface area contributed by atoms with Crippen molar-refractivity contribution in [2.75, 3.05) is 6.61 Å². The second kappa shape index (κ2) is 5.83. The number of nitrogens with two attached hydrogens (primary N) is 1. The van der Waals surface area contributed by atoms with E-state index in [1.165, 1.54) is 6.42 Å². The molecule has 4 nitrogen and oxygen atoms in total. The maximum absolute atomic E-state index is 12.5. The molecule has 0 saturated heterocycles. The van der Waals surface area contributed by atoms with E-state index in [1.807, 2.05) is 24.3 Å². The van der Waals surface area contributed by atoms with Gasteiger partial charge in [-0.05, 0) is 18.9 Å². The van der Waals surface area contributed by atoms with Gasteiger partial charge in [0.2, 0.25) is 5.91 Å². The summed E-state index contributed by atoms with van der Waals surface area (Å²) >= 11 is 0. The number of rotatable bonds is 2. The number of carbonyl (C=O) groups is 1. The maximum atomic E-state index is 12.5. The Balaban J connectivity index is 1.67. The Kier molecular flexibility index (Phi) is 3.92. The fraction of sp³-hybridized carbons (Fsp3) is 0.562. The fourth-order valence-corrected chi connectivity index (χ4v) is 3.22. The number of hydrogen-bond acceptors (Lipinski definition) is 3. The minimum absolute atomic E-state index is 0.00457. The molecule has 20 heavy (non-hydrogen) atoms. The van der Waals surface area contributed by atoms with Crippen LogP contribution in [0.2, 0.25) is 0 Å². The first-order valence-corrected chi connectivity index (χ1v) is 7.53. The third-order valence-corrected chi connectivity index (χ3v) is 4.42. The lowest BCUT2D eigenvalue weighted by Gasteiger charge is -2.22. The number of benzene rings is 1. The fourth-order valence-electron chi connectivity index (χ4n) is 3.22. The summed E-state index contributed by atoms with van der Waals surface area (Å²) in [6.45, 7) is 0.521. The summed E-state index contributed by atoms with van der Waals surface area (Å²) < 4.78 is 5.60. The van der Waals surface area contributed by atoms with Gasteiger partial charge in [-0.3, -0.25) is 4.79 Å². The molecule has 3 rings (SSSR count). The van der Waals surface area contributed by atoms with Crippen LogP contribution in [0.3, 0.4) is 0 Å². The van der Waals surface area contributed by atoms with Gasteiger partial charge in [-0.1, -0.05) is 37.5 Å². The molecule has 1 aliphatic carbocycles.